The number of benzene rings is 2. The molecule has 0 unspecified atom stereocenters. The third kappa shape index (κ3) is 2.44. The topological polar surface area (TPSA) is 37.3 Å². The Labute approximate surface area is 141 Å². The maximum absolute atomic E-state index is 12.7. The van der Waals surface area contributed by atoms with E-state index in [4.69, 9.17) is 0 Å². The van der Waals surface area contributed by atoms with Gasteiger partial charge in [-0.2, -0.15) is 0 Å². The van der Waals surface area contributed by atoms with Crippen LogP contribution in [0.4, 0.5) is 10.5 Å². The Morgan fingerprint density at radius 2 is 1.92 bits per heavy atom. The van der Waals surface area contributed by atoms with Gasteiger partial charge in [-0.15, -0.1) is 0 Å². The van der Waals surface area contributed by atoms with E-state index >= 15 is 0 Å². The first-order valence-electron chi connectivity index (χ1n) is 8.31. The molecule has 0 fully saturated rings. The standard InChI is InChI=1S/C20H21N3O/c1-14-6-3-4-8-17(14)21-20(24)23-11-10-16-12-22(2)18-9-5-7-15(13-23)19(16)18/h3-9,12H,10-11,13H2,1-2H3,(H,21,24). The molecule has 0 spiro atoms. The molecule has 0 aliphatic carbocycles. The van der Waals surface area contributed by atoms with Crippen LogP contribution < -0.4 is 5.32 Å². The molecule has 0 bridgehead atoms. The zero-order valence-electron chi connectivity index (χ0n) is 14.0. The Hall–Kier alpha value is -2.75. The summed E-state index contributed by atoms with van der Waals surface area (Å²) in [5.41, 5.74) is 5.74. The number of anilines is 1. The van der Waals surface area contributed by atoms with E-state index in [-0.39, 0.29) is 6.03 Å². The lowest BCUT2D eigenvalue weighted by Crippen LogP contribution is -2.35. The number of aryl methyl sites for hydroxylation is 2. The molecule has 24 heavy (non-hydrogen) atoms. The van der Waals surface area contributed by atoms with Crippen molar-refractivity contribution in [2.75, 3.05) is 11.9 Å². The number of carbonyl (C=O) groups is 1. The van der Waals surface area contributed by atoms with Gasteiger partial charge < -0.3 is 14.8 Å². The molecule has 2 aromatic carbocycles. The number of nitrogens with one attached hydrogen (secondary N) is 1. The Balaban J connectivity index is 1.62. The highest BCUT2D eigenvalue weighted by molar-refractivity contribution is 5.92. The number of carbonyl (C=O) groups excluding carboxylic acids is 1. The van der Waals surface area contributed by atoms with Crippen LogP contribution in [0.25, 0.3) is 10.9 Å². The highest BCUT2D eigenvalue weighted by Gasteiger charge is 2.22. The summed E-state index contributed by atoms with van der Waals surface area (Å²) in [6.45, 7) is 3.38. The fourth-order valence-electron chi connectivity index (χ4n) is 3.56. The van der Waals surface area contributed by atoms with Gasteiger partial charge in [-0.3, -0.25) is 0 Å². The van der Waals surface area contributed by atoms with Crippen molar-refractivity contribution in [2.45, 2.75) is 19.9 Å². The van der Waals surface area contributed by atoms with Crippen LogP contribution >= 0.6 is 0 Å². The number of hydrogen-bond acceptors (Lipinski definition) is 1. The molecule has 3 aromatic rings. The van der Waals surface area contributed by atoms with Gasteiger partial charge in [0, 0.05) is 42.9 Å². The first-order valence-corrected chi connectivity index (χ1v) is 8.31. The summed E-state index contributed by atoms with van der Waals surface area (Å²) in [6.07, 6.45) is 3.08. The summed E-state index contributed by atoms with van der Waals surface area (Å²) in [5, 5.41) is 4.36. The van der Waals surface area contributed by atoms with Crippen LogP contribution in [-0.2, 0) is 20.0 Å². The van der Waals surface area contributed by atoms with Crippen LogP contribution in [0, 0.1) is 6.92 Å². The summed E-state index contributed by atoms with van der Waals surface area (Å²) in [4.78, 5) is 14.6. The Morgan fingerprint density at radius 3 is 2.75 bits per heavy atom. The molecular formula is C20H21N3O. The molecule has 1 aliphatic rings. The summed E-state index contributed by atoms with van der Waals surface area (Å²) in [5.74, 6) is 0. The minimum atomic E-state index is -0.0316. The van der Waals surface area contributed by atoms with Crippen LogP contribution in [0.5, 0.6) is 0 Å². The van der Waals surface area contributed by atoms with Gasteiger partial charge >= 0.3 is 6.03 Å². The van der Waals surface area contributed by atoms with Crippen LogP contribution in [0.1, 0.15) is 16.7 Å². The molecule has 0 atom stereocenters. The van der Waals surface area contributed by atoms with Gasteiger partial charge in [0.25, 0.3) is 0 Å². The van der Waals surface area contributed by atoms with Gasteiger partial charge in [0.1, 0.15) is 0 Å². The fraction of sp³-hybridized carbons (Fsp3) is 0.250. The summed E-state index contributed by atoms with van der Waals surface area (Å²) >= 11 is 0. The van der Waals surface area contributed by atoms with Gasteiger partial charge in [0.05, 0.1) is 0 Å². The molecule has 1 N–H and O–H groups in total. The van der Waals surface area contributed by atoms with E-state index in [2.05, 4.69) is 41.3 Å². The van der Waals surface area contributed by atoms with E-state index in [1.807, 2.05) is 36.1 Å². The minimum Gasteiger partial charge on any atom is -0.350 e. The van der Waals surface area contributed by atoms with Gasteiger partial charge in [0.15, 0.2) is 0 Å². The molecule has 2 heterocycles. The molecule has 2 amide bonds. The number of urea groups is 1. The van der Waals surface area contributed by atoms with E-state index in [9.17, 15) is 4.79 Å². The van der Waals surface area contributed by atoms with Crippen molar-refractivity contribution in [2.24, 2.45) is 7.05 Å². The lowest BCUT2D eigenvalue weighted by Gasteiger charge is -2.22. The highest BCUT2D eigenvalue weighted by Crippen LogP contribution is 2.29. The van der Waals surface area contributed by atoms with Crippen molar-refractivity contribution in [1.29, 1.82) is 0 Å². The van der Waals surface area contributed by atoms with Crippen molar-refractivity contribution in [1.82, 2.24) is 9.47 Å². The van der Waals surface area contributed by atoms with Crippen molar-refractivity contribution in [3.8, 4) is 0 Å². The lowest BCUT2D eigenvalue weighted by atomic mass is 10.1. The van der Waals surface area contributed by atoms with Gasteiger partial charge in [-0.25, -0.2) is 4.79 Å². The molecule has 0 saturated carbocycles. The zero-order valence-corrected chi connectivity index (χ0v) is 14.0. The van der Waals surface area contributed by atoms with Gasteiger partial charge in [-0.1, -0.05) is 30.3 Å². The zero-order chi connectivity index (χ0) is 16.7. The maximum Gasteiger partial charge on any atom is 0.322 e. The molecular weight excluding hydrogens is 298 g/mol. The third-order valence-electron chi connectivity index (χ3n) is 4.87. The molecule has 4 nitrogen and oxygen atoms in total. The third-order valence-corrected chi connectivity index (χ3v) is 4.87. The van der Waals surface area contributed by atoms with Crippen molar-refractivity contribution in [3.05, 3.63) is 65.4 Å². The van der Waals surface area contributed by atoms with Gasteiger partial charge in [-0.05, 0) is 42.2 Å². The molecule has 0 saturated heterocycles. The van der Waals surface area contributed by atoms with E-state index in [1.54, 1.807) is 0 Å². The molecule has 4 heteroatoms. The molecule has 122 valence electrons. The van der Waals surface area contributed by atoms with E-state index in [0.717, 1.165) is 24.2 Å². The minimum absolute atomic E-state index is 0.0316. The van der Waals surface area contributed by atoms with E-state index < -0.39 is 0 Å². The van der Waals surface area contributed by atoms with Crippen LogP contribution in [0.2, 0.25) is 0 Å². The van der Waals surface area contributed by atoms with Crippen LogP contribution in [-0.4, -0.2) is 22.0 Å². The number of amides is 2. The second kappa shape index (κ2) is 5.71. The fourth-order valence-corrected chi connectivity index (χ4v) is 3.56. The van der Waals surface area contributed by atoms with Crippen LogP contribution in [0.3, 0.4) is 0 Å². The first-order chi connectivity index (χ1) is 11.6. The maximum atomic E-state index is 12.7. The second-order valence-electron chi connectivity index (χ2n) is 6.49. The van der Waals surface area contributed by atoms with Gasteiger partial charge in [0.2, 0.25) is 0 Å². The number of aromatic nitrogens is 1. The summed E-state index contributed by atoms with van der Waals surface area (Å²) in [7, 11) is 2.08. The SMILES string of the molecule is Cc1ccccc1NC(=O)N1CCc2cn(C)c3cccc(c23)C1. The average Bonchev–Trinajstić information content (AvgIpc) is 2.78. The Bertz CT molecular complexity index is 926. The van der Waals surface area contributed by atoms with Crippen molar-refractivity contribution >= 4 is 22.6 Å². The van der Waals surface area contributed by atoms with Crippen LogP contribution in [0.15, 0.2) is 48.7 Å². The van der Waals surface area contributed by atoms with E-state index in [0.29, 0.717) is 6.54 Å². The Morgan fingerprint density at radius 1 is 1.08 bits per heavy atom. The summed E-state index contributed by atoms with van der Waals surface area (Å²) < 4.78 is 2.18. The molecule has 1 aliphatic heterocycles. The largest absolute Gasteiger partial charge is 0.350 e. The monoisotopic (exact) mass is 319 g/mol. The molecule has 0 radical (unpaired) electrons. The number of rotatable bonds is 1. The number of hydrogen-bond donors (Lipinski definition) is 1. The number of para-hydroxylation sites is 1. The molecule has 1 aromatic heterocycles. The quantitative estimate of drug-likeness (QED) is 0.721. The average molecular weight is 319 g/mol. The number of nitrogens with zero attached hydrogens (tertiary/aromatic N) is 2. The smallest absolute Gasteiger partial charge is 0.322 e. The Kier molecular flexibility index (Phi) is 3.53. The molecule has 4 rings (SSSR count). The van der Waals surface area contributed by atoms with Crippen molar-refractivity contribution < 1.29 is 4.79 Å². The normalized spacial score (nSPS) is 13.8. The lowest BCUT2D eigenvalue weighted by molar-refractivity contribution is 0.210. The second-order valence-corrected chi connectivity index (χ2v) is 6.49. The predicted octanol–water partition coefficient (Wildman–Crippen LogP) is 4.08. The predicted molar refractivity (Wildman–Crippen MR) is 97.2 cm³/mol. The van der Waals surface area contributed by atoms with Crippen molar-refractivity contribution in [3.63, 3.8) is 0 Å². The van der Waals surface area contributed by atoms with E-state index in [1.165, 1.54) is 22.0 Å². The first kappa shape index (κ1) is 14.8. The summed E-state index contributed by atoms with van der Waals surface area (Å²) in [6, 6.07) is 14.2. The highest BCUT2D eigenvalue weighted by atomic mass is 16.2.